The Hall–Kier alpha value is -3.06. The van der Waals surface area contributed by atoms with E-state index in [2.05, 4.69) is 11.5 Å². The van der Waals surface area contributed by atoms with Crippen LogP contribution in [0.15, 0.2) is 59.1 Å². The van der Waals surface area contributed by atoms with Crippen LogP contribution >= 0.6 is 0 Å². The minimum absolute atomic E-state index is 0.0983. The Labute approximate surface area is 168 Å². The van der Waals surface area contributed by atoms with E-state index in [9.17, 15) is 8.42 Å². The summed E-state index contributed by atoms with van der Waals surface area (Å²) in [7, 11) is -3.62. The predicted molar refractivity (Wildman–Crippen MR) is 103 cm³/mol. The number of sulfonamides is 1. The average Bonchev–Trinajstić information content (AvgIpc) is 3.22. The van der Waals surface area contributed by atoms with Crippen LogP contribution in [0.25, 0.3) is 0 Å². The first kappa shape index (κ1) is 19.3. The van der Waals surface area contributed by atoms with Crippen LogP contribution in [0.4, 0.5) is 0 Å². The van der Waals surface area contributed by atoms with Gasteiger partial charge in [-0.15, -0.1) is 0 Å². The Balaban J connectivity index is 1.34. The van der Waals surface area contributed by atoms with Gasteiger partial charge in [0, 0.05) is 31.3 Å². The number of ether oxygens (including phenoxy) is 2. The second kappa shape index (κ2) is 8.13. The highest BCUT2D eigenvalue weighted by Gasteiger charge is 2.28. The number of nitriles is 1. The minimum Gasteiger partial charge on any atom is -0.454 e. The van der Waals surface area contributed by atoms with Crippen LogP contribution in [0, 0.1) is 11.3 Å². The molecule has 9 heteroatoms. The van der Waals surface area contributed by atoms with Crippen LogP contribution in [0.2, 0.25) is 0 Å². The van der Waals surface area contributed by atoms with Gasteiger partial charge in [0.2, 0.25) is 16.8 Å². The first-order valence-corrected chi connectivity index (χ1v) is 10.5. The number of rotatable bonds is 6. The molecule has 2 aromatic rings. The summed E-state index contributed by atoms with van der Waals surface area (Å²) in [4.78, 5) is 5.67. The molecule has 0 saturated carbocycles. The highest BCUT2D eigenvalue weighted by molar-refractivity contribution is 7.89. The molecule has 2 aliphatic heterocycles. The number of hydrogen-bond donors (Lipinski definition) is 1. The van der Waals surface area contributed by atoms with E-state index in [1.54, 1.807) is 30.3 Å². The third kappa shape index (κ3) is 4.19. The van der Waals surface area contributed by atoms with Gasteiger partial charge in [-0.2, -0.15) is 9.57 Å². The van der Waals surface area contributed by atoms with Gasteiger partial charge in [0.05, 0.1) is 23.1 Å². The van der Waals surface area contributed by atoms with Gasteiger partial charge < -0.3 is 9.47 Å². The van der Waals surface area contributed by atoms with Gasteiger partial charge in [0.15, 0.2) is 11.5 Å². The molecule has 0 spiro atoms. The van der Waals surface area contributed by atoms with Gasteiger partial charge in [0.25, 0.3) is 0 Å². The molecule has 0 amide bonds. The lowest BCUT2D eigenvalue weighted by atomic mass is 10.1. The lowest BCUT2D eigenvalue weighted by molar-refractivity contribution is 0.0453. The molecule has 0 fully saturated rings. The zero-order valence-electron chi connectivity index (χ0n) is 15.5. The zero-order valence-corrected chi connectivity index (χ0v) is 16.3. The van der Waals surface area contributed by atoms with Crippen molar-refractivity contribution in [1.29, 1.82) is 5.26 Å². The van der Waals surface area contributed by atoms with E-state index >= 15 is 0 Å². The zero-order chi connectivity index (χ0) is 20.3. The lowest BCUT2D eigenvalue weighted by Gasteiger charge is -2.26. The molecule has 1 N–H and O–H groups in total. The third-order valence-corrected chi connectivity index (χ3v) is 6.51. The highest BCUT2D eigenvalue weighted by Crippen LogP contribution is 2.34. The van der Waals surface area contributed by atoms with Crippen LogP contribution < -0.4 is 15.0 Å². The van der Waals surface area contributed by atoms with Crippen LogP contribution in [0.3, 0.4) is 0 Å². The van der Waals surface area contributed by atoms with Crippen molar-refractivity contribution in [2.75, 3.05) is 19.9 Å². The average molecular weight is 413 g/mol. The monoisotopic (exact) mass is 413 g/mol. The van der Waals surface area contributed by atoms with Crippen molar-refractivity contribution in [2.45, 2.75) is 17.9 Å². The van der Waals surface area contributed by atoms with Crippen LogP contribution in [0.1, 0.15) is 17.5 Å². The molecule has 0 saturated heterocycles. The van der Waals surface area contributed by atoms with E-state index in [0.29, 0.717) is 36.6 Å². The van der Waals surface area contributed by atoms with Crippen molar-refractivity contribution < 1.29 is 22.7 Å². The largest absolute Gasteiger partial charge is 0.454 e. The summed E-state index contributed by atoms with van der Waals surface area (Å²) in [5, 5.41) is 8.93. The maximum absolute atomic E-state index is 12.9. The number of nitrogens with zero attached hydrogens (tertiary/aromatic N) is 2. The van der Waals surface area contributed by atoms with Crippen LogP contribution in [-0.2, 0) is 21.5 Å². The third-order valence-electron chi connectivity index (χ3n) is 4.65. The van der Waals surface area contributed by atoms with Gasteiger partial charge in [-0.25, -0.2) is 8.42 Å². The van der Waals surface area contributed by atoms with Crippen LogP contribution in [-0.4, -0.2) is 32.6 Å². The Morgan fingerprint density at radius 3 is 2.83 bits per heavy atom. The van der Waals surface area contributed by atoms with Gasteiger partial charge >= 0.3 is 0 Å². The van der Waals surface area contributed by atoms with Crippen molar-refractivity contribution in [3.05, 3.63) is 65.4 Å². The SMILES string of the molecule is N#Cc1cccc(CONC2=CCN(S(=O)(=O)c3ccc4c(c3)OCO4)CC2)c1. The van der Waals surface area contributed by atoms with Crippen molar-refractivity contribution >= 4 is 10.0 Å². The summed E-state index contributed by atoms with van der Waals surface area (Å²) in [5.74, 6) is 0.987. The number of fused-ring (bicyclic) bond motifs is 1. The molecule has 29 heavy (non-hydrogen) atoms. The van der Waals surface area contributed by atoms with Gasteiger partial charge in [-0.1, -0.05) is 12.1 Å². The maximum Gasteiger partial charge on any atom is 0.243 e. The Morgan fingerprint density at radius 1 is 1.17 bits per heavy atom. The topological polar surface area (TPSA) is 101 Å². The molecule has 8 nitrogen and oxygen atoms in total. The molecule has 2 aromatic carbocycles. The van der Waals surface area contributed by atoms with Crippen molar-refractivity contribution in [1.82, 2.24) is 9.79 Å². The first-order valence-electron chi connectivity index (χ1n) is 9.02. The molecule has 0 aromatic heterocycles. The van der Waals surface area contributed by atoms with Crippen molar-refractivity contribution in [2.24, 2.45) is 0 Å². The fraction of sp³-hybridized carbons (Fsp3) is 0.250. The first-order chi connectivity index (χ1) is 14.1. The number of hydroxylamine groups is 1. The molecule has 0 aliphatic carbocycles. The summed E-state index contributed by atoms with van der Waals surface area (Å²) in [6, 6.07) is 13.9. The van der Waals surface area contributed by atoms with E-state index in [1.807, 2.05) is 6.07 Å². The smallest absolute Gasteiger partial charge is 0.243 e. The molecule has 2 aliphatic rings. The van der Waals surface area contributed by atoms with Crippen molar-refractivity contribution in [3.63, 3.8) is 0 Å². The van der Waals surface area contributed by atoms with Gasteiger partial charge in [0.1, 0.15) is 0 Å². The summed E-state index contributed by atoms with van der Waals surface area (Å²) < 4.78 is 37.7. The molecular weight excluding hydrogens is 394 g/mol. The Bertz CT molecular complexity index is 1090. The van der Waals surface area contributed by atoms with E-state index in [0.717, 1.165) is 11.3 Å². The molecule has 0 radical (unpaired) electrons. The Kier molecular flexibility index (Phi) is 5.40. The minimum atomic E-state index is -3.62. The predicted octanol–water partition coefficient (Wildman–Crippen LogP) is 2.29. The molecule has 2 heterocycles. The lowest BCUT2D eigenvalue weighted by Crippen LogP contribution is -2.36. The quantitative estimate of drug-likeness (QED) is 0.725. The number of nitrogens with one attached hydrogen (secondary N) is 1. The van der Waals surface area contributed by atoms with Crippen LogP contribution in [0.5, 0.6) is 11.5 Å². The summed E-state index contributed by atoms with van der Waals surface area (Å²) in [5.41, 5.74) is 5.14. The summed E-state index contributed by atoms with van der Waals surface area (Å²) in [6.45, 7) is 0.975. The van der Waals surface area contributed by atoms with E-state index in [1.165, 1.54) is 16.4 Å². The second-order valence-corrected chi connectivity index (χ2v) is 8.50. The van der Waals surface area contributed by atoms with E-state index < -0.39 is 10.0 Å². The maximum atomic E-state index is 12.9. The number of hydrogen-bond acceptors (Lipinski definition) is 7. The molecule has 0 bridgehead atoms. The molecule has 0 atom stereocenters. The van der Waals surface area contributed by atoms with Gasteiger partial charge in [-0.3, -0.25) is 10.3 Å². The highest BCUT2D eigenvalue weighted by atomic mass is 32.2. The van der Waals surface area contributed by atoms with E-state index in [4.69, 9.17) is 19.6 Å². The molecule has 4 rings (SSSR count). The molecular formula is C20H19N3O5S. The molecule has 150 valence electrons. The second-order valence-electron chi connectivity index (χ2n) is 6.56. The fourth-order valence-electron chi connectivity index (χ4n) is 3.09. The number of benzene rings is 2. The van der Waals surface area contributed by atoms with Gasteiger partial charge in [-0.05, 0) is 35.9 Å². The summed E-state index contributed by atoms with van der Waals surface area (Å²) in [6.07, 6.45) is 2.29. The summed E-state index contributed by atoms with van der Waals surface area (Å²) >= 11 is 0. The van der Waals surface area contributed by atoms with E-state index in [-0.39, 0.29) is 18.2 Å². The van der Waals surface area contributed by atoms with Crippen molar-refractivity contribution in [3.8, 4) is 17.6 Å². The normalized spacial score (nSPS) is 16.2. The Morgan fingerprint density at radius 2 is 2.03 bits per heavy atom. The standard InChI is InChI=1S/C20H19N3O5S/c21-12-15-2-1-3-16(10-15)13-28-22-17-6-8-23(9-7-17)29(24,25)18-4-5-19-20(11-18)27-14-26-19/h1-6,10-11,22H,7-9,13-14H2. The molecule has 0 unspecified atom stereocenters. The fourth-order valence-corrected chi connectivity index (χ4v) is 4.49.